The summed E-state index contributed by atoms with van der Waals surface area (Å²) in [5.74, 6) is 2.80. The number of likely N-dealkylation sites (tertiary alicyclic amines) is 1. The number of hydrogen-bond donors (Lipinski definition) is 0. The third kappa shape index (κ3) is 1.87. The molecule has 0 unspecified atom stereocenters. The first-order valence-corrected chi connectivity index (χ1v) is 7.69. The molecule has 2 heterocycles. The summed E-state index contributed by atoms with van der Waals surface area (Å²) in [7, 11) is 0. The highest BCUT2D eigenvalue weighted by molar-refractivity contribution is 6.29. The number of pyridine rings is 1. The largest absolute Gasteiger partial charge is 0.338 e. The SMILES string of the molecule is O=C(c1ccnc(Cl)c1)N1C[C@H]2[C@H](C1)[C@H]1C=C[C@H]2CC1. The van der Waals surface area contributed by atoms with E-state index in [-0.39, 0.29) is 5.91 Å². The number of rotatable bonds is 1. The Balaban J connectivity index is 1.56. The molecule has 104 valence electrons. The van der Waals surface area contributed by atoms with Gasteiger partial charge >= 0.3 is 0 Å². The lowest BCUT2D eigenvalue weighted by Gasteiger charge is -2.40. The molecule has 4 heteroatoms. The van der Waals surface area contributed by atoms with Gasteiger partial charge in [-0.1, -0.05) is 23.8 Å². The minimum absolute atomic E-state index is 0.100. The smallest absolute Gasteiger partial charge is 0.254 e. The molecule has 1 aromatic rings. The lowest BCUT2D eigenvalue weighted by Crippen LogP contribution is -2.35. The van der Waals surface area contributed by atoms with E-state index < -0.39 is 0 Å². The summed E-state index contributed by atoms with van der Waals surface area (Å²) in [5, 5.41) is 0.384. The summed E-state index contributed by atoms with van der Waals surface area (Å²) in [6.07, 6.45) is 8.96. The zero-order valence-corrected chi connectivity index (χ0v) is 12.0. The molecule has 0 radical (unpaired) electrons. The summed E-state index contributed by atoms with van der Waals surface area (Å²) in [4.78, 5) is 18.5. The molecule has 5 rings (SSSR count). The molecule has 1 saturated carbocycles. The van der Waals surface area contributed by atoms with Crippen LogP contribution in [0, 0.1) is 23.7 Å². The van der Waals surface area contributed by atoms with Crippen LogP contribution in [-0.4, -0.2) is 28.9 Å². The highest BCUT2D eigenvalue weighted by atomic mass is 35.5. The fourth-order valence-electron chi connectivity index (χ4n) is 4.22. The Labute approximate surface area is 123 Å². The van der Waals surface area contributed by atoms with E-state index in [1.165, 1.54) is 12.8 Å². The van der Waals surface area contributed by atoms with E-state index in [1.54, 1.807) is 18.3 Å². The van der Waals surface area contributed by atoms with Crippen molar-refractivity contribution in [3.8, 4) is 0 Å². The Morgan fingerprint density at radius 3 is 2.40 bits per heavy atom. The Kier molecular flexibility index (Phi) is 2.84. The number of halogens is 1. The minimum Gasteiger partial charge on any atom is -0.338 e. The molecule has 20 heavy (non-hydrogen) atoms. The fourth-order valence-corrected chi connectivity index (χ4v) is 4.39. The minimum atomic E-state index is 0.100. The van der Waals surface area contributed by atoms with Crippen LogP contribution in [0.3, 0.4) is 0 Å². The van der Waals surface area contributed by atoms with Crippen LogP contribution in [0.5, 0.6) is 0 Å². The predicted octanol–water partition coefficient (Wildman–Crippen LogP) is 3.02. The van der Waals surface area contributed by atoms with Crippen LogP contribution in [-0.2, 0) is 0 Å². The number of hydrogen-bond acceptors (Lipinski definition) is 2. The maximum absolute atomic E-state index is 12.6. The van der Waals surface area contributed by atoms with Crippen molar-refractivity contribution in [2.24, 2.45) is 23.7 Å². The summed E-state index contributed by atoms with van der Waals surface area (Å²) >= 11 is 5.88. The maximum Gasteiger partial charge on any atom is 0.254 e. The van der Waals surface area contributed by atoms with Gasteiger partial charge in [0.25, 0.3) is 5.91 Å². The molecule has 1 aliphatic heterocycles. The van der Waals surface area contributed by atoms with Gasteiger partial charge in [0.2, 0.25) is 0 Å². The van der Waals surface area contributed by atoms with Gasteiger partial charge in [-0.3, -0.25) is 4.79 Å². The molecule has 0 aromatic carbocycles. The first kappa shape index (κ1) is 12.4. The van der Waals surface area contributed by atoms with Gasteiger partial charge in [-0.15, -0.1) is 0 Å². The molecular formula is C16H17ClN2O. The third-order valence-corrected chi connectivity index (χ3v) is 5.42. The Hall–Kier alpha value is -1.35. The van der Waals surface area contributed by atoms with Gasteiger partial charge < -0.3 is 4.90 Å². The number of amides is 1. The third-order valence-electron chi connectivity index (χ3n) is 5.21. The van der Waals surface area contributed by atoms with Crippen LogP contribution in [0.4, 0.5) is 0 Å². The Morgan fingerprint density at radius 2 is 1.85 bits per heavy atom. The van der Waals surface area contributed by atoms with Gasteiger partial charge in [-0.2, -0.15) is 0 Å². The van der Waals surface area contributed by atoms with E-state index in [9.17, 15) is 4.79 Å². The lowest BCUT2D eigenvalue weighted by molar-refractivity contribution is 0.0782. The van der Waals surface area contributed by atoms with Crippen molar-refractivity contribution in [3.05, 3.63) is 41.2 Å². The summed E-state index contributed by atoms with van der Waals surface area (Å²) < 4.78 is 0. The van der Waals surface area contributed by atoms with E-state index >= 15 is 0 Å². The highest BCUT2D eigenvalue weighted by Gasteiger charge is 2.46. The van der Waals surface area contributed by atoms with E-state index in [2.05, 4.69) is 17.1 Å². The quantitative estimate of drug-likeness (QED) is 0.588. The lowest BCUT2D eigenvalue weighted by atomic mass is 9.64. The molecule has 0 spiro atoms. The zero-order valence-electron chi connectivity index (χ0n) is 11.2. The van der Waals surface area contributed by atoms with Gasteiger partial charge in [-0.25, -0.2) is 4.98 Å². The molecule has 3 aliphatic carbocycles. The predicted molar refractivity (Wildman–Crippen MR) is 77.5 cm³/mol. The first-order valence-electron chi connectivity index (χ1n) is 7.31. The number of allylic oxidation sites excluding steroid dienone is 2. The van der Waals surface area contributed by atoms with E-state index in [1.807, 2.05) is 4.90 Å². The number of carbonyl (C=O) groups excluding carboxylic acids is 1. The zero-order chi connectivity index (χ0) is 13.7. The van der Waals surface area contributed by atoms with Crippen LogP contribution in [0.25, 0.3) is 0 Å². The molecular weight excluding hydrogens is 272 g/mol. The molecule has 1 saturated heterocycles. The van der Waals surface area contributed by atoms with Gasteiger partial charge in [0.1, 0.15) is 5.15 Å². The van der Waals surface area contributed by atoms with E-state index in [0.717, 1.165) is 13.1 Å². The Bertz CT molecular complexity index is 564. The maximum atomic E-state index is 12.6. The van der Waals surface area contributed by atoms with Crippen molar-refractivity contribution in [2.45, 2.75) is 12.8 Å². The number of fused-ring (bicyclic) bond motifs is 1. The monoisotopic (exact) mass is 288 g/mol. The van der Waals surface area contributed by atoms with Crippen LogP contribution in [0.15, 0.2) is 30.5 Å². The van der Waals surface area contributed by atoms with Crippen molar-refractivity contribution in [3.63, 3.8) is 0 Å². The van der Waals surface area contributed by atoms with E-state index in [4.69, 9.17) is 11.6 Å². The molecule has 2 fully saturated rings. The second kappa shape index (κ2) is 4.59. The molecule has 2 bridgehead atoms. The van der Waals surface area contributed by atoms with Crippen LogP contribution in [0.2, 0.25) is 5.15 Å². The highest BCUT2D eigenvalue weighted by Crippen LogP contribution is 2.48. The normalized spacial score (nSPS) is 34.4. The first-order chi connectivity index (χ1) is 9.72. The molecule has 1 aromatic heterocycles. The summed E-state index contributed by atoms with van der Waals surface area (Å²) in [5.41, 5.74) is 0.656. The van der Waals surface area contributed by atoms with Crippen LogP contribution < -0.4 is 0 Å². The standard InChI is InChI=1S/C16H17ClN2O/c17-15-7-12(5-6-18-15)16(20)19-8-13-10-1-2-11(4-3-10)14(13)9-19/h1-2,5-7,10-11,13-14H,3-4,8-9H2/t10-,11-,13+,14+/m0/s1. The van der Waals surface area contributed by atoms with E-state index in [0.29, 0.717) is 34.4 Å². The van der Waals surface area contributed by atoms with Crippen molar-refractivity contribution in [1.82, 2.24) is 9.88 Å². The second-order valence-corrected chi connectivity index (χ2v) is 6.58. The molecule has 0 N–H and O–H groups in total. The molecule has 4 atom stereocenters. The van der Waals surface area contributed by atoms with Crippen molar-refractivity contribution in [1.29, 1.82) is 0 Å². The molecule has 3 nitrogen and oxygen atoms in total. The number of nitrogens with zero attached hydrogens (tertiary/aromatic N) is 2. The summed E-state index contributed by atoms with van der Waals surface area (Å²) in [6.45, 7) is 1.80. The average molecular weight is 289 g/mol. The van der Waals surface area contributed by atoms with Gasteiger partial charge in [0.05, 0.1) is 0 Å². The summed E-state index contributed by atoms with van der Waals surface area (Å²) in [6, 6.07) is 3.42. The van der Waals surface area contributed by atoms with Crippen molar-refractivity contribution >= 4 is 17.5 Å². The van der Waals surface area contributed by atoms with Gasteiger partial charge in [0, 0.05) is 24.8 Å². The van der Waals surface area contributed by atoms with Crippen LogP contribution in [0.1, 0.15) is 23.2 Å². The average Bonchev–Trinajstić information content (AvgIpc) is 2.95. The number of aromatic nitrogens is 1. The fraction of sp³-hybridized carbons (Fsp3) is 0.500. The second-order valence-electron chi connectivity index (χ2n) is 6.20. The Morgan fingerprint density at radius 1 is 1.20 bits per heavy atom. The topological polar surface area (TPSA) is 33.2 Å². The molecule has 4 aliphatic rings. The molecule has 1 amide bonds. The van der Waals surface area contributed by atoms with Crippen LogP contribution >= 0.6 is 11.6 Å². The van der Waals surface area contributed by atoms with Crippen molar-refractivity contribution < 1.29 is 4.79 Å². The van der Waals surface area contributed by atoms with Crippen molar-refractivity contribution in [2.75, 3.05) is 13.1 Å². The number of carbonyl (C=O) groups is 1. The van der Waals surface area contributed by atoms with Gasteiger partial charge in [-0.05, 0) is 48.6 Å². The van der Waals surface area contributed by atoms with Gasteiger partial charge in [0.15, 0.2) is 0 Å².